The van der Waals surface area contributed by atoms with Crippen molar-refractivity contribution in [2.75, 3.05) is 13.1 Å². The lowest BCUT2D eigenvalue weighted by molar-refractivity contribution is 0.0177. The normalized spacial score (nSPS) is 21.5. The number of carbonyl (C=O) groups excluding carboxylic acids is 1. The van der Waals surface area contributed by atoms with Crippen molar-refractivity contribution in [3.05, 3.63) is 60.1 Å². The predicted octanol–water partition coefficient (Wildman–Crippen LogP) is 4.79. The van der Waals surface area contributed by atoms with Crippen LogP contribution in [0.2, 0.25) is 0 Å². The van der Waals surface area contributed by atoms with E-state index in [2.05, 4.69) is 24.3 Å². The van der Waals surface area contributed by atoms with Gasteiger partial charge in [0.25, 0.3) is 0 Å². The summed E-state index contributed by atoms with van der Waals surface area (Å²) in [6, 6.07) is 14.4. The average molecular weight is 327 g/mol. The van der Waals surface area contributed by atoms with Gasteiger partial charge in [-0.25, -0.2) is 4.79 Å². The molecule has 1 aliphatic rings. The summed E-state index contributed by atoms with van der Waals surface area (Å²) in [5.74, 6) is 1.41. The van der Waals surface area contributed by atoms with E-state index in [0.717, 1.165) is 12.2 Å². The molecule has 0 radical (unpaired) electrons. The summed E-state index contributed by atoms with van der Waals surface area (Å²) in [4.78, 5) is 14.2. The largest absolute Gasteiger partial charge is 0.469 e. The molecule has 4 nitrogen and oxygen atoms in total. The summed E-state index contributed by atoms with van der Waals surface area (Å²) in [5, 5.41) is 0. The van der Waals surface area contributed by atoms with Gasteiger partial charge < -0.3 is 14.1 Å². The molecule has 0 aliphatic carbocycles. The fourth-order valence-corrected chi connectivity index (χ4v) is 3.33. The molecule has 4 heteroatoms. The third kappa shape index (κ3) is 3.81. The number of benzene rings is 1. The number of likely N-dealkylation sites (tertiary alicyclic amines) is 1. The van der Waals surface area contributed by atoms with E-state index in [4.69, 9.17) is 9.15 Å². The highest BCUT2D eigenvalue weighted by Crippen LogP contribution is 2.40. The Kier molecular flexibility index (Phi) is 4.65. The first-order chi connectivity index (χ1) is 11.4. The molecule has 2 heterocycles. The molecule has 1 aliphatic heterocycles. The zero-order valence-corrected chi connectivity index (χ0v) is 14.6. The van der Waals surface area contributed by atoms with Crippen LogP contribution in [0.1, 0.15) is 50.4 Å². The van der Waals surface area contributed by atoms with Crippen molar-refractivity contribution >= 4 is 6.09 Å². The molecule has 0 bridgehead atoms. The Morgan fingerprint density at radius 2 is 1.88 bits per heavy atom. The van der Waals surface area contributed by atoms with Gasteiger partial charge in [-0.05, 0) is 50.8 Å². The number of hydrogen-bond donors (Lipinski definition) is 0. The van der Waals surface area contributed by atoms with Crippen LogP contribution in [-0.4, -0.2) is 29.7 Å². The van der Waals surface area contributed by atoms with Crippen molar-refractivity contribution in [3.8, 4) is 0 Å². The van der Waals surface area contributed by atoms with E-state index in [-0.39, 0.29) is 12.0 Å². The topological polar surface area (TPSA) is 42.7 Å². The van der Waals surface area contributed by atoms with Crippen LogP contribution in [0.5, 0.6) is 0 Å². The van der Waals surface area contributed by atoms with E-state index >= 15 is 0 Å². The Hall–Kier alpha value is -2.23. The van der Waals surface area contributed by atoms with E-state index in [1.807, 2.05) is 39.0 Å². The molecular weight excluding hydrogens is 302 g/mol. The van der Waals surface area contributed by atoms with Gasteiger partial charge in [-0.1, -0.05) is 30.3 Å². The second-order valence-electron chi connectivity index (χ2n) is 7.35. The molecule has 0 unspecified atom stereocenters. The van der Waals surface area contributed by atoms with Crippen LogP contribution in [-0.2, 0) is 4.74 Å². The van der Waals surface area contributed by atoms with Crippen LogP contribution in [0.15, 0.2) is 53.1 Å². The summed E-state index contributed by atoms with van der Waals surface area (Å²) in [6.45, 7) is 7.00. The molecule has 3 rings (SSSR count). The van der Waals surface area contributed by atoms with Crippen LogP contribution in [0.4, 0.5) is 4.79 Å². The number of rotatable bonds is 2. The molecule has 2 atom stereocenters. The summed E-state index contributed by atoms with van der Waals surface area (Å²) in [5.41, 5.74) is 0.816. The first-order valence-electron chi connectivity index (χ1n) is 8.50. The maximum atomic E-state index is 12.4. The highest BCUT2D eigenvalue weighted by molar-refractivity contribution is 5.68. The summed E-state index contributed by atoms with van der Waals surface area (Å²) < 4.78 is 11.2. The Bertz CT molecular complexity index is 658. The van der Waals surface area contributed by atoms with Gasteiger partial charge in [0.2, 0.25) is 0 Å². The third-order valence-electron chi connectivity index (χ3n) is 4.40. The van der Waals surface area contributed by atoms with E-state index in [0.29, 0.717) is 19.0 Å². The second kappa shape index (κ2) is 6.71. The van der Waals surface area contributed by atoms with Gasteiger partial charge in [0.05, 0.1) is 6.26 Å². The summed E-state index contributed by atoms with van der Waals surface area (Å²) >= 11 is 0. The number of furan rings is 1. The molecule has 1 aromatic carbocycles. The monoisotopic (exact) mass is 327 g/mol. The third-order valence-corrected chi connectivity index (χ3v) is 4.40. The molecule has 1 fully saturated rings. The second-order valence-corrected chi connectivity index (χ2v) is 7.35. The van der Waals surface area contributed by atoms with Crippen molar-refractivity contribution in [3.63, 3.8) is 0 Å². The number of amides is 1. The SMILES string of the molecule is CC(C)(C)OC(=O)N1CC[C@@H](c2ccccc2)[C@H](c2ccco2)C1. The Balaban J connectivity index is 1.81. The van der Waals surface area contributed by atoms with Crippen LogP contribution >= 0.6 is 0 Å². The van der Waals surface area contributed by atoms with E-state index < -0.39 is 5.60 Å². The average Bonchev–Trinajstić information content (AvgIpc) is 3.08. The first-order valence-corrected chi connectivity index (χ1v) is 8.50. The number of piperidine rings is 1. The predicted molar refractivity (Wildman–Crippen MR) is 93.1 cm³/mol. The number of nitrogens with zero attached hydrogens (tertiary/aromatic N) is 1. The highest BCUT2D eigenvalue weighted by atomic mass is 16.6. The van der Waals surface area contributed by atoms with Crippen molar-refractivity contribution in [1.29, 1.82) is 0 Å². The standard InChI is InChI=1S/C20H25NO3/c1-20(2,3)24-19(22)21-12-11-16(15-8-5-4-6-9-15)17(14-21)18-10-7-13-23-18/h4-10,13,16-17H,11-12,14H2,1-3H3/t16-,17+/m0/s1. The number of ether oxygens (including phenoxy) is 1. The smallest absolute Gasteiger partial charge is 0.410 e. The zero-order chi connectivity index (χ0) is 17.2. The minimum atomic E-state index is -0.479. The molecule has 0 spiro atoms. The number of hydrogen-bond acceptors (Lipinski definition) is 3. The molecular formula is C20H25NO3. The summed E-state index contributed by atoms with van der Waals surface area (Å²) in [7, 11) is 0. The van der Waals surface area contributed by atoms with Crippen molar-refractivity contribution in [2.24, 2.45) is 0 Å². The zero-order valence-electron chi connectivity index (χ0n) is 14.6. The minimum absolute atomic E-state index is 0.142. The van der Waals surface area contributed by atoms with Gasteiger partial charge in [-0.3, -0.25) is 0 Å². The molecule has 1 aromatic heterocycles. The Labute approximate surface area is 143 Å². The lowest BCUT2D eigenvalue weighted by atomic mass is 9.79. The van der Waals surface area contributed by atoms with E-state index in [1.54, 1.807) is 11.2 Å². The Morgan fingerprint density at radius 3 is 2.50 bits per heavy atom. The van der Waals surface area contributed by atoms with Crippen LogP contribution in [0.25, 0.3) is 0 Å². The van der Waals surface area contributed by atoms with E-state index in [1.165, 1.54) is 5.56 Å². The van der Waals surface area contributed by atoms with Crippen molar-refractivity contribution in [2.45, 2.75) is 44.6 Å². The summed E-state index contributed by atoms with van der Waals surface area (Å²) in [6.07, 6.45) is 2.35. The molecule has 24 heavy (non-hydrogen) atoms. The molecule has 1 saturated heterocycles. The molecule has 2 aromatic rings. The van der Waals surface area contributed by atoms with Gasteiger partial charge in [0.1, 0.15) is 11.4 Å². The van der Waals surface area contributed by atoms with Crippen LogP contribution in [0, 0.1) is 0 Å². The minimum Gasteiger partial charge on any atom is -0.469 e. The molecule has 128 valence electrons. The molecule has 0 saturated carbocycles. The van der Waals surface area contributed by atoms with Gasteiger partial charge in [-0.15, -0.1) is 0 Å². The highest BCUT2D eigenvalue weighted by Gasteiger charge is 2.36. The van der Waals surface area contributed by atoms with Gasteiger partial charge in [0.15, 0.2) is 0 Å². The van der Waals surface area contributed by atoms with Gasteiger partial charge in [0, 0.05) is 19.0 Å². The lowest BCUT2D eigenvalue weighted by Crippen LogP contribution is -2.44. The van der Waals surface area contributed by atoms with Gasteiger partial charge >= 0.3 is 6.09 Å². The quantitative estimate of drug-likeness (QED) is 0.796. The Morgan fingerprint density at radius 1 is 1.12 bits per heavy atom. The van der Waals surface area contributed by atoms with Crippen molar-refractivity contribution in [1.82, 2.24) is 4.90 Å². The van der Waals surface area contributed by atoms with Crippen LogP contribution < -0.4 is 0 Å². The fourth-order valence-electron chi connectivity index (χ4n) is 3.33. The van der Waals surface area contributed by atoms with E-state index in [9.17, 15) is 4.79 Å². The molecule has 0 N–H and O–H groups in total. The first kappa shape index (κ1) is 16.6. The maximum Gasteiger partial charge on any atom is 0.410 e. The van der Waals surface area contributed by atoms with Crippen molar-refractivity contribution < 1.29 is 13.9 Å². The number of carbonyl (C=O) groups is 1. The lowest BCUT2D eigenvalue weighted by Gasteiger charge is -2.38. The maximum absolute atomic E-state index is 12.4. The van der Waals surface area contributed by atoms with Crippen LogP contribution in [0.3, 0.4) is 0 Å². The fraction of sp³-hybridized carbons (Fsp3) is 0.450. The molecule has 1 amide bonds. The van der Waals surface area contributed by atoms with Gasteiger partial charge in [-0.2, -0.15) is 0 Å².